The van der Waals surface area contributed by atoms with E-state index >= 15 is 0 Å². The molecule has 0 aliphatic carbocycles. The molecule has 1 fully saturated rings. The Kier molecular flexibility index (Phi) is 6.49. The van der Waals surface area contributed by atoms with Crippen molar-refractivity contribution in [2.45, 2.75) is 38.3 Å². The van der Waals surface area contributed by atoms with Gasteiger partial charge in [-0.1, -0.05) is 41.1 Å². The normalized spacial score (nSPS) is 19.1. The van der Waals surface area contributed by atoms with Gasteiger partial charge in [-0.05, 0) is 44.0 Å². The van der Waals surface area contributed by atoms with Gasteiger partial charge < -0.3 is 15.3 Å². The quantitative estimate of drug-likeness (QED) is 0.835. The first-order valence-electron chi connectivity index (χ1n) is 7.59. The van der Waals surface area contributed by atoms with Gasteiger partial charge in [-0.2, -0.15) is 0 Å². The molecule has 1 saturated heterocycles. The Morgan fingerprint density at radius 2 is 2.05 bits per heavy atom. The average Bonchev–Trinajstić information content (AvgIpc) is 2.46. The zero-order chi connectivity index (χ0) is 14.4. The Labute approximate surface area is 130 Å². The zero-order valence-electron chi connectivity index (χ0n) is 12.2. The van der Waals surface area contributed by atoms with Gasteiger partial charge in [-0.15, -0.1) is 0 Å². The highest BCUT2D eigenvalue weighted by Crippen LogP contribution is 2.26. The third kappa shape index (κ3) is 4.55. The predicted molar refractivity (Wildman–Crippen MR) is 86.9 cm³/mol. The summed E-state index contributed by atoms with van der Waals surface area (Å²) >= 11 is 3.65. The summed E-state index contributed by atoms with van der Waals surface area (Å²) in [4.78, 5) is 2.47. The number of hydrogen-bond acceptors (Lipinski definition) is 3. The smallest absolute Gasteiger partial charge is 0.0564 e. The number of halogens is 1. The van der Waals surface area contributed by atoms with Gasteiger partial charge in [0.15, 0.2) is 0 Å². The molecule has 0 aromatic heterocycles. The lowest BCUT2D eigenvalue weighted by molar-refractivity contribution is 0.0806. The Balaban J connectivity index is 1.91. The summed E-state index contributed by atoms with van der Waals surface area (Å²) < 4.78 is 1.18. The van der Waals surface area contributed by atoms with Gasteiger partial charge in [-0.3, -0.25) is 0 Å². The molecule has 0 amide bonds. The molecule has 0 spiro atoms. The minimum atomic E-state index is -0.0842. The lowest BCUT2D eigenvalue weighted by atomic mass is 10.0. The van der Waals surface area contributed by atoms with Crippen LogP contribution in [0.4, 0.5) is 0 Å². The van der Waals surface area contributed by atoms with E-state index in [0.717, 1.165) is 45.4 Å². The fraction of sp³-hybridized carbons (Fsp3) is 0.625. The highest BCUT2D eigenvalue weighted by molar-refractivity contribution is 9.10. The van der Waals surface area contributed by atoms with E-state index < -0.39 is 0 Å². The van der Waals surface area contributed by atoms with Crippen molar-refractivity contribution >= 4 is 15.9 Å². The van der Waals surface area contributed by atoms with Gasteiger partial charge >= 0.3 is 0 Å². The fourth-order valence-corrected chi connectivity index (χ4v) is 3.39. The molecular formula is C16H25BrN2O. The lowest BCUT2D eigenvalue weighted by Gasteiger charge is -2.31. The summed E-state index contributed by atoms with van der Waals surface area (Å²) in [6.07, 6.45) is 2.85. The maximum Gasteiger partial charge on any atom is 0.0564 e. The molecule has 1 atom stereocenters. The monoisotopic (exact) mass is 340 g/mol. The molecule has 1 heterocycles. The molecule has 112 valence electrons. The molecule has 0 saturated carbocycles. The molecule has 2 N–H and O–H groups in total. The van der Waals surface area contributed by atoms with Gasteiger partial charge in [0.2, 0.25) is 0 Å². The average molecular weight is 341 g/mol. The summed E-state index contributed by atoms with van der Waals surface area (Å²) in [6.45, 7) is 6.27. The number of hydrogen-bond donors (Lipinski definition) is 2. The Hall–Kier alpha value is -0.420. The van der Waals surface area contributed by atoms with Crippen LogP contribution in [0, 0.1) is 0 Å². The van der Waals surface area contributed by atoms with Crippen LogP contribution in [-0.2, 0) is 0 Å². The van der Waals surface area contributed by atoms with Crippen LogP contribution < -0.4 is 5.32 Å². The van der Waals surface area contributed by atoms with Crippen LogP contribution in [0.3, 0.4) is 0 Å². The number of benzene rings is 1. The van der Waals surface area contributed by atoms with Crippen molar-refractivity contribution in [1.29, 1.82) is 0 Å². The molecule has 20 heavy (non-hydrogen) atoms. The second-order valence-corrected chi connectivity index (χ2v) is 6.35. The van der Waals surface area contributed by atoms with E-state index in [9.17, 15) is 5.11 Å². The maximum atomic E-state index is 9.56. The van der Waals surface area contributed by atoms with E-state index in [4.69, 9.17) is 0 Å². The van der Waals surface area contributed by atoms with Crippen LogP contribution in [0.1, 0.15) is 37.8 Å². The number of nitrogens with one attached hydrogen (secondary N) is 1. The third-order valence-electron chi connectivity index (χ3n) is 4.02. The first-order chi connectivity index (χ1) is 9.70. The number of likely N-dealkylation sites (tertiary alicyclic amines) is 1. The Morgan fingerprint density at radius 3 is 2.70 bits per heavy atom. The van der Waals surface area contributed by atoms with Gasteiger partial charge in [0.05, 0.1) is 6.10 Å². The van der Waals surface area contributed by atoms with E-state index in [1.165, 1.54) is 10.0 Å². The molecular weight excluding hydrogens is 316 g/mol. The number of nitrogens with zero attached hydrogens (tertiary/aromatic N) is 1. The lowest BCUT2D eigenvalue weighted by Crippen LogP contribution is -2.37. The molecule has 2 rings (SSSR count). The van der Waals surface area contributed by atoms with E-state index in [2.05, 4.69) is 57.3 Å². The third-order valence-corrected chi connectivity index (χ3v) is 4.74. The summed E-state index contributed by atoms with van der Waals surface area (Å²) in [5, 5.41) is 13.1. The molecule has 4 heteroatoms. The molecule has 0 bridgehead atoms. The van der Waals surface area contributed by atoms with Crippen molar-refractivity contribution in [3.63, 3.8) is 0 Å². The summed E-state index contributed by atoms with van der Waals surface area (Å²) in [6, 6.07) is 8.85. The van der Waals surface area contributed by atoms with Gasteiger partial charge in [-0.25, -0.2) is 0 Å². The fourth-order valence-electron chi connectivity index (χ4n) is 2.83. The Morgan fingerprint density at radius 1 is 1.35 bits per heavy atom. The predicted octanol–water partition coefficient (Wildman–Crippen LogP) is 2.95. The van der Waals surface area contributed by atoms with Gasteiger partial charge in [0.1, 0.15) is 0 Å². The van der Waals surface area contributed by atoms with Crippen LogP contribution in [0.2, 0.25) is 0 Å². The second-order valence-electron chi connectivity index (χ2n) is 5.49. The first kappa shape index (κ1) is 16.0. The largest absolute Gasteiger partial charge is 0.393 e. The van der Waals surface area contributed by atoms with E-state index in [0.29, 0.717) is 6.04 Å². The van der Waals surface area contributed by atoms with Crippen molar-refractivity contribution in [3.05, 3.63) is 34.3 Å². The van der Waals surface area contributed by atoms with Crippen LogP contribution in [0.15, 0.2) is 28.7 Å². The molecule has 3 nitrogen and oxygen atoms in total. The van der Waals surface area contributed by atoms with Crippen molar-refractivity contribution < 1.29 is 5.11 Å². The summed E-state index contributed by atoms with van der Waals surface area (Å²) in [5.41, 5.74) is 1.34. The van der Waals surface area contributed by atoms with Crippen molar-refractivity contribution in [1.82, 2.24) is 10.2 Å². The summed E-state index contributed by atoms with van der Waals surface area (Å²) in [7, 11) is 0. The first-order valence-corrected chi connectivity index (χ1v) is 8.38. The zero-order valence-corrected chi connectivity index (χ0v) is 13.8. The van der Waals surface area contributed by atoms with Crippen molar-refractivity contribution in [3.8, 4) is 0 Å². The molecule has 1 aromatic rings. The van der Waals surface area contributed by atoms with Crippen LogP contribution in [0.5, 0.6) is 0 Å². The van der Waals surface area contributed by atoms with Crippen LogP contribution >= 0.6 is 15.9 Å². The standard InChI is InChI=1S/C16H25BrN2O/c1-2-18-16(14-5-3-4-6-15(14)17)9-12-19-10-7-13(20)8-11-19/h3-6,13,16,18,20H,2,7-12H2,1H3. The molecule has 1 unspecified atom stereocenters. The van der Waals surface area contributed by atoms with Crippen LogP contribution in [-0.4, -0.2) is 42.3 Å². The highest BCUT2D eigenvalue weighted by atomic mass is 79.9. The minimum absolute atomic E-state index is 0.0842. The van der Waals surface area contributed by atoms with E-state index in [1.807, 2.05) is 0 Å². The molecule has 1 aliphatic rings. The van der Waals surface area contributed by atoms with E-state index in [-0.39, 0.29) is 6.10 Å². The molecule has 1 aromatic carbocycles. The topological polar surface area (TPSA) is 35.5 Å². The highest BCUT2D eigenvalue weighted by Gasteiger charge is 2.19. The number of aliphatic hydroxyl groups is 1. The maximum absolute atomic E-state index is 9.56. The molecule has 1 aliphatic heterocycles. The second kappa shape index (κ2) is 8.13. The number of piperidine rings is 1. The van der Waals surface area contributed by atoms with Crippen LogP contribution in [0.25, 0.3) is 0 Å². The summed E-state index contributed by atoms with van der Waals surface area (Å²) in [5.74, 6) is 0. The van der Waals surface area contributed by atoms with Gasteiger partial charge in [0, 0.05) is 23.6 Å². The van der Waals surface area contributed by atoms with Crippen molar-refractivity contribution in [2.24, 2.45) is 0 Å². The van der Waals surface area contributed by atoms with Gasteiger partial charge in [0.25, 0.3) is 0 Å². The van der Waals surface area contributed by atoms with E-state index in [1.54, 1.807) is 0 Å². The van der Waals surface area contributed by atoms with Crippen molar-refractivity contribution in [2.75, 3.05) is 26.2 Å². The SMILES string of the molecule is CCNC(CCN1CCC(O)CC1)c1ccccc1Br. The number of rotatable bonds is 6. The number of aliphatic hydroxyl groups excluding tert-OH is 1. The molecule has 0 radical (unpaired) electrons. The Bertz CT molecular complexity index is 405. The minimum Gasteiger partial charge on any atom is -0.393 e.